The van der Waals surface area contributed by atoms with Crippen molar-refractivity contribution in [2.75, 3.05) is 68.7 Å². The molecule has 3 saturated carbocycles. The Bertz CT molecular complexity index is 5850. The van der Waals surface area contributed by atoms with Gasteiger partial charge in [-0.25, -0.2) is 19.9 Å². The second kappa shape index (κ2) is 36.8. The Morgan fingerprint density at radius 2 is 0.780 bits per heavy atom. The van der Waals surface area contributed by atoms with Gasteiger partial charge in [-0.2, -0.15) is 15.3 Å². The van der Waals surface area contributed by atoms with E-state index in [1.54, 1.807) is 65.2 Å². The van der Waals surface area contributed by atoms with E-state index in [-0.39, 0.29) is 53.1 Å². The summed E-state index contributed by atoms with van der Waals surface area (Å²) in [4.78, 5) is 75.2. The molecule has 0 bridgehead atoms. The summed E-state index contributed by atoms with van der Waals surface area (Å²) in [5, 5.41) is 46.5. The molecule has 640 valence electrons. The van der Waals surface area contributed by atoms with E-state index in [2.05, 4.69) is 93.5 Å². The molecule has 3 aromatic carbocycles. The number of ether oxygens (including phenoxy) is 1. The van der Waals surface area contributed by atoms with Gasteiger partial charge < -0.3 is 44.1 Å². The third-order valence-electron chi connectivity index (χ3n) is 25.5. The molecule has 0 spiro atoms. The third kappa shape index (κ3) is 18.3. The molecule has 3 N–H and O–H groups in total. The van der Waals surface area contributed by atoms with Gasteiger partial charge in [0.15, 0.2) is 0 Å². The predicted octanol–water partition coefficient (Wildman–Crippen LogP) is 12.9. The summed E-state index contributed by atoms with van der Waals surface area (Å²) in [7, 11) is 11.5. The van der Waals surface area contributed by atoms with E-state index in [0.29, 0.717) is 46.1 Å². The lowest BCUT2D eigenvalue weighted by atomic mass is 9.82. The smallest absolute Gasteiger partial charge is 0.399 e. The van der Waals surface area contributed by atoms with Gasteiger partial charge >= 0.3 is 7.12 Å². The highest BCUT2D eigenvalue weighted by molar-refractivity contribution is 6.62. The molecule has 123 heavy (non-hydrogen) atoms. The van der Waals surface area contributed by atoms with Gasteiger partial charge in [0.05, 0.1) is 124 Å². The number of hydrogen-bond donors (Lipinski definition) is 3. The lowest BCUT2D eigenvalue weighted by molar-refractivity contribution is 0.00578. The Labute approximate surface area is 721 Å². The molecule has 3 aliphatic carbocycles. The van der Waals surface area contributed by atoms with Crippen LogP contribution in [0.25, 0.3) is 73.5 Å². The van der Waals surface area contributed by atoms with Crippen LogP contribution in [0.3, 0.4) is 0 Å². The number of rotatable bonds is 12. The zero-order valence-corrected chi connectivity index (χ0v) is 72.7. The number of nitrogens with zero attached hydrogens (tertiary/aromatic N) is 18. The highest BCUT2D eigenvalue weighted by atomic mass is 35.5. The van der Waals surface area contributed by atoms with Crippen molar-refractivity contribution in [2.45, 2.75) is 184 Å². The fourth-order valence-electron chi connectivity index (χ4n) is 18.1. The van der Waals surface area contributed by atoms with Crippen molar-refractivity contribution in [3.63, 3.8) is 0 Å². The van der Waals surface area contributed by atoms with Crippen LogP contribution in [0.5, 0.6) is 0 Å². The van der Waals surface area contributed by atoms with Gasteiger partial charge in [-0.3, -0.25) is 52.1 Å². The molecule has 8 aliphatic rings. The topological polar surface area (TPSA) is 295 Å². The molecule has 0 radical (unpaired) electrons. The number of likely N-dealkylation sites (N-methyl/N-ethyl adjacent to an activating group) is 3. The normalized spacial score (nSPS) is 20.5. The fourth-order valence-corrected chi connectivity index (χ4v) is 18.2. The Hall–Kier alpha value is -11.1. The van der Waals surface area contributed by atoms with Crippen LogP contribution in [0.1, 0.15) is 186 Å². The van der Waals surface area contributed by atoms with Crippen LogP contribution >= 0.6 is 11.6 Å². The first-order chi connectivity index (χ1) is 59.3. The molecule has 6 atom stereocenters. The minimum atomic E-state index is -0.511. The Balaban J connectivity index is 0.000000123. The highest BCUT2D eigenvalue weighted by Gasteiger charge is 2.52. The van der Waals surface area contributed by atoms with E-state index in [9.17, 15) is 29.7 Å². The summed E-state index contributed by atoms with van der Waals surface area (Å²) >= 11 is 5.95. The van der Waals surface area contributed by atoms with Crippen LogP contribution in [0, 0.1) is 0 Å². The van der Waals surface area contributed by atoms with Gasteiger partial charge in [0.25, 0.3) is 16.7 Å². The Kier molecular flexibility index (Phi) is 25.5. The second-order valence-electron chi connectivity index (χ2n) is 34.8. The summed E-state index contributed by atoms with van der Waals surface area (Å²) in [6.07, 6.45) is 48.0. The van der Waals surface area contributed by atoms with E-state index in [1.807, 2.05) is 150 Å². The van der Waals surface area contributed by atoms with Gasteiger partial charge in [0, 0.05) is 152 Å². The number of aryl methyl sites for hydroxylation is 3. The first-order valence-electron chi connectivity index (χ1n) is 43.1. The number of aliphatic hydroxyl groups is 3. The highest BCUT2D eigenvalue weighted by Crippen LogP contribution is 2.42. The molecule has 14 heterocycles. The van der Waals surface area contributed by atoms with Crippen LogP contribution in [0.4, 0.5) is 17.1 Å². The second-order valence-corrected chi connectivity index (χ2v) is 35.2. The molecule has 12 aromatic rings. The zero-order chi connectivity index (χ0) is 86.0. The number of aromatic nitrogens is 15. The van der Waals surface area contributed by atoms with Crippen molar-refractivity contribution in [1.29, 1.82) is 0 Å². The summed E-state index contributed by atoms with van der Waals surface area (Å²) in [6, 6.07) is 17.2. The number of benzene rings is 3. The number of fused-ring (bicyclic) bond motifs is 9. The van der Waals surface area contributed by atoms with E-state index in [1.165, 1.54) is 12.8 Å². The van der Waals surface area contributed by atoms with Crippen molar-refractivity contribution in [3.8, 4) is 22.5 Å². The van der Waals surface area contributed by atoms with Crippen LogP contribution in [-0.2, 0) is 54.5 Å². The molecule has 9 aromatic heterocycles. The maximum Gasteiger partial charge on any atom is 0.498 e. The third-order valence-corrected chi connectivity index (χ3v) is 25.7. The monoisotopic (exact) mass is 1680 g/mol. The van der Waals surface area contributed by atoms with Gasteiger partial charge in [-0.05, 0) is 168 Å². The van der Waals surface area contributed by atoms with E-state index < -0.39 is 18.3 Å². The zero-order valence-electron chi connectivity index (χ0n) is 71.9. The number of halogens is 1. The lowest BCUT2D eigenvalue weighted by Crippen LogP contribution is -2.41. The maximum atomic E-state index is 13.7. The Morgan fingerprint density at radius 3 is 1.08 bits per heavy atom. The van der Waals surface area contributed by atoms with Crippen molar-refractivity contribution in [2.24, 2.45) is 21.1 Å². The SMILES string of the molecule is C1CCOC1.CN1CC=Cc2c(Cc3ccc(-c4cnn(C)c4)nc3)cc3c(=O)n([C@H]4CCCC[C@@H]4O)cnc3c21.CN1CC=Cc2c(Cc3ccc(-c4cnn(C)c4)nc3)cc3c(=O)n([C@H]4CCCC[C@@H]4O)cnc3c21.CN1CC=Cc2c(Cc3ccc(Cl)nc3)cc3c(=O)n([C@H]4CCCC[C@@H]4O)cnc3c21.Cn1cc(B2OC(C)(C)C(C)(C)O2)cn1. The molecular weight excluding hydrogens is 1570 g/mol. The predicted molar refractivity (Wildman–Crippen MR) is 485 cm³/mol. The number of anilines is 3. The molecule has 0 amide bonds. The first-order valence-corrected chi connectivity index (χ1v) is 43.5. The molecule has 5 aliphatic heterocycles. The molecule has 5 fully saturated rings. The molecule has 2 saturated heterocycles. The number of aliphatic hydroxyl groups excluding tert-OH is 3. The van der Waals surface area contributed by atoms with Crippen molar-refractivity contribution < 1.29 is 29.4 Å². The summed E-state index contributed by atoms with van der Waals surface area (Å²) in [5.41, 5.74) is 18.6. The summed E-state index contributed by atoms with van der Waals surface area (Å²) in [5.74, 6) is 0. The summed E-state index contributed by atoms with van der Waals surface area (Å²) in [6.45, 7) is 12.5. The van der Waals surface area contributed by atoms with Gasteiger partial charge in [0.1, 0.15) is 21.7 Å². The first kappa shape index (κ1) is 85.5. The number of pyridine rings is 3. The van der Waals surface area contributed by atoms with Crippen molar-refractivity contribution in [1.82, 2.24) is 72.9 Å². The average Bonchev–Trinajstić information content (AvgIpc) is 1.63. The minimum Gasteiger partial charge on any atom is -0.399 e. The van der Waals surface area contributed by atoms with E-state index >= 15 is 0 Å². The maximum absolute atomic E-state index is 13.7. The average molecular weight is 1680 g/mol. The van der Waals surface area contributed by atoms with E-state index in [4.69, 9.17) is 40.6 Å². The summed E-state index contributed by atoms with van der Waals surface area (Å²) < 4.78 is 27.0. The Morgan fingerprint density at radius 1 is 0.431 bits per heavy atom. The van der Waals surface area contributed by atoms with Crippen LogP contribution in [0.15, 0.2) is 162 Å². The molecule has 27 nitrogen and oxygen atoms in total. The molecular formula is C94H110BClN18O9. The van der Waals surface area contributed by atoms with E-state index in [0.717, 1.165) is 216 Å². The van der Waals surface area contributed by atoms with Crippen molar-refractivity contribution >= 4 is 92.2 Å². The quantitative estimate of drug-likeness (QED) is 0.0756. The van der Waals surface area contributed by atoms with Crippen LogP contribution in [0.2, 0.25) is 5.15 Å². The van der Waals surface area contributed by atoms with Crippen LogP contribution < -0.4 is 36.8 Å². The number of hydrogen-bond acceptors (Lipinski definition) is 21. The molecule has 0 unspecified atom stereocenters. The lowest BCUT2D eigenvalue weighted by Gasteiger charge is -2.32. The largest absolute Gasteiger partial charge is 0.498 e. The van der Waals surface area contributed by atoms with Crippen molar-refractivity contribution in [3.05, 3.63) is 234 Å². The fraction of sp³-hybridized carbons (Fsp3) is 0.426. The standard InChI is InChI=1S/2C28H30N6O2.C24H25ClN4O2.C10H17BN2O2.C4H8O/c2*1-32-11-5-6-21-19(12-18-9-10-23(29-14-18)20-15-31-33(2)16-20)13-22-26(27(21)32)30-17-34(28(22)36)24-7-3-4-8-25(24)35;1-28-10-4-5-17-16(11-15-8-9-21(25)26-13-15)12-18-22(23(17)28)27-14-29(24(18)31)19-6-2-3-7-20(19)30;1-9(2)10(3,4)15-11(14-9)8-6-12-13(5)7-8;1-2-4-5-3-1/h2*5-6,9-10,13-17,24-25,35H,3-4,7-8,11-12H2,1-2H3;4-5,8-9,12-14,19-20,30H,2-3,6-7,10-11H2,1H3;6-7H,1-5H3;1-4H2/t2*24-,25-;19-,20-;;/m000../s1. The van der Waals surface area contributed by atoms with Gasteiger partial charge in [-0.1, -0.05) is 105 Å². The van der Waals surface area contributed by atoms with Gasteiger partial charge in [0.2, 0.25) is 0 Å². The minimum absolute atomic E-state index is 0.0806. The van der Waals surface area contributed by atoms with Crippen LogP contribution in [-0.4, -0.2) is 179 Å². The van der Waals surface area contributed by atoms with Gasteiger partial charge in [-0.15, -0.1) is 0 Å². The molecule has 20 rings (SSSR count). The molecule has 29 heteroatoms.